The van der Waals surface area contributed by atoms with E-state index in [-0.39, 0.29) is 12.5 Å². The van der Waals surface area contributed by atoms with Crippen molar-refractivity contribution in [2.75, 3.05) is 33.8 Å². The van der Waals surface area contributed by atoms with Crippen LogP contribution >= 0.6 is 0 Å². The standard InChI is InChI=1S/C37H41N7O3/c1-5-15-43(3)22-33-38-20-32(41-33)29-10-9-25-17-24(7-8-26(25)19-29)27-11-13-30-28(18-27)12-14-31-36(30)42-34(40-31)23-44(16-6-2)35(45)21-39-37(46)47-4/h7-14,17-20H,5-6,15-16,21-23H2,1-4H3,(H,38,41)(H,39,46)(H,40,42). The number of alkyl carbamates (subject to hydrolysis) is 1. The van der Waals surface area contributed by atoms with Crippen LogP contribution in [0.5, 0.6) is 0 Å². The lowest BCUT2D eigenvalue weighted by atomic mass is 9.97. The number of hydrogen-bond donors (Lipinski definition) is 3. The first-order valence-electron chi connectivity index (χ1n) is 16.1. The third-order valence-electron chi connectivity index (χ3n) is 8.40. The summed E-state index contributed by atoms with van der Waals surface area (Å²) in [7, 11) is 3.39. The molecule has 2 amide bonds. The van der Waals surface area contributed by atoms with Crippen molar-refractivity contribution >= 4 is 44.6 Å². The van der Waals surface area contributed by atoms with Crippen molar-refractivity contribution in [2.24, 2.45) is 0 Å². The van der Waals surface area contributed by atoms with Crippen molar-refractivity contribution < 1.29 is 14.3 Å². The van der Waals surface area contributed by atoms with Gasteiger partial charge in [0.2, 0.25) is 5.91 Å². The molecule has 0 saturated heterocycles. The van der Waals surface area contributed by atoms with Crippen LogP contribution in [0, 0.1) is 0 Å². The maximum Gasteiger partial charge on any atom is 0.407 e. The minimum atomic E-state index is -0.632. The molecule has 0 saturated carbocycles. The molecule has 0 aliphatic heterocycles. The Morgan fingerprint density at radius 1 is 0.809 bits per heavy atom. The Morgan fingerprint density at radius 3 is 2.23 bits per heavy atom. The van der Waals surface area contributed by atoms with Gasteiger partial charge < -0.3 is 24.9 Å². The topological polar surface area (TPSA) is 119 Å². The molecule has 0 aliphatic rings. The molecule has 6 rings (SSSR count). The largest absolute Gasteiger partial charge is 0.453 e. The van der Waals surface area contributed by atoms with Gasteiger partial charge in [-0.1, -0.05) is 56.3 Å². The number of fused-ring (bicyclic) bond motifs is 4. The second-order valence-electron chi connectivity index (χ2n) is 12.0. The molecule has 0 aliphatic carbocycles. The zero-order valence-corrected chi connectivity index (χ0v) is 27.4. The number of imidazole rings is 2. The summed E-state index contributed by atoms with van der Waals surface area (Å²) in [6, 6.07) is 23.7. The second-order valence-corrected chi connectivity index (χ2v) is 12.0. The smallest absolute Gasteiger partial charge is 0.407 e. The molecule has 0 fully saturated rings. The van der Waals surface area contributed by atoms with Gasteiger partial charge in [-0.25, -0.2) is 14.8 Å². The van der Waals surface area contributed by atoms with Crippen LogP contribution in [0.1, 0.15) is 38.3 Å². The first-order chi connectivity index (χ1) is 22.8. The minimum Gasteiger partial charge on any atom is -0.453 e. The number of hydrogen-bond acceptors (Lipinski definition) is 6. The van der Waals surface area contributed by atoms with Crippen molar-refractivity contribution in [3.8, 4) is 22.4 Å². The van der Waals surface area contributed by atoms with Crippen molar-refractivity contribution in [1.29, 1.82) is 0 Å². The number of amides is 2. The highest BCUT2D eigenvalue weighted by molar-refractivity contribution is 6.05. The van der Waals surface area contributed by atoms with Crippen LogP contribution in [-0.4, -0.2) is 75.5 Å². The number of aromatic nitrogens is 4. The summed E-state index contributed by atoms with van der Waals surface area (Å²) in [5, 5.41) is 6.97. The highest BCUT2D eigenvalue weighted by atomic mass is 16.5. The predicted molar refractivity (Wildman–Crippen MR) is 187 cm³/mol. The summed E-state index contributed by atoms with van der Waals surface area (Å²) in [5.74, 6) is 1.48. The van der Waals surface area contributed by atoms with E-state index in [1.54, 1.807) is 4.90 Å². The van der Waals surface area contributed by atoms with E-state index in [1.165, 1.54) is 17.9 Å². The number of benzene rings is 4. The van der Waals surface area contributed by atoms with Gasteiger partial charge in [0.05, 0.1) is 36.9 Å². The Bertz CT molecular complexity index is 2050. The molecule has 10 nitrogen and oxygen atoms in total. The van der Waals surface area contributed by atoms with Crippen LogP contribution < -0.4 is 5.32 Å². The molecule has 6 aromatic rings. The number of methoxy groups -OCH3 is 1. The van der Waals surface area contributed by atoms with Gasteiger partial charge >= 0.3 is 6.09 Å². The average molecular weight is 632 g/mol. The quantitative estimate of drug-likeness (QED) is 0.136. The number of carbonyl (C=O) groups excluding carboxylic acids is 2. The molecule has 2 heterocycles. The zero-order valence-electron chi connectivity index (χ0n) is 27.4. The summed E-state index contributed by atoms with van der Waals surface area (Å²) in [6.07, 6.45) is 3.26. The SMILES string of the molecule is CCCN(C)Cc1nc(-c2ccc3cc(-c4ccc5c(ccc6nc(CN(CCC)C(=O)CNC(=O)OC)[nH]c65)c4)ccc3c2)c[nH]1. The summed E-state index contributed by atoms with van der Waals surface area (Å²) in [4.78, 5) is 44.6. The molecule has 0 unspecified atom stereocenters. The van der Waals surface area contributed by atoms with E-state index < -0.39 is 6.09 Å². The highest BCUT2D eigenvalue weighted by Crippen LogP contribution is 2.32. The van der Waals surface area contributed by atoms with E-state index in [0.29, 0.717) is 18.9 Å². The van der Waals surface area contributed by atoms with Gasteiger partial charge in [-0.3, -0.25) is 9.69 Å². The second kappa shape index (κ2) is 14.0. The third-order valence-corrected chi connectivity index (χ3v) is 8.40. The van der Waals surface area contributed by atoms with E-state index in [4.69, 9.17) is 9.97 Å². The van der Waals surface area contributed by atoms with Crippen molar-refractivity contribution in [2.45, 2.75) is 39.8 Å². The maximum atomic E-state index is 12.8. The van der Waals surface area contributed by atoms with Crippen molar-refractivity contribution in [3.05, 3.63) is 84.6 Å². The maximum absolute atomic E-state index is 12.8. The van der Waals surface area contributed by atoms with E-state index in [9.17, 15) is 9.59 Å². The molecular formula is C37H41N7O3. The van der Waals surface area contributed by atoms with Crippen molar-refractivity contribution in [3.63, 3.8) is 0 Å². The number of aromatic amines is 2. The molecule has 2 aromatic heterocycles. The highest BCUT2D eigenvalue weighted by Gasteiger charge is 2.17. The fourth-order valence-electron chi connectivity index (χ4n) is 6.08. The van der Waals surface area contributed by atoms with Gasteiger partial charge in [0, 0.05) is 23.7 Å². The zero-order chi connectivity index (χ0) is 32.9. The molecule has 3 N–H and O–H groups in total. The summed E-state index contributed by atoms with van der Waals surface area (Å²) in [5.41, 5.74) is 6.11. The van der Waals surface area contributed by atoms with E-state index >= 15 is 0 Å². The minimum absolute atomic E-state index is 0.128. The van der Waals surface area contributed by atoms with Crippen LogP contribution in [0.2, 0.25) is 0 Å². The van der Waals surface area contributed by atoms with E-state index in [2.05, 4.69) is 99.6 Å². The molecule has 4 aromatic carbocycles. The first-order valence-corrected chi connectivity index (χ1v) is 16.1. The molecular weight excluding hydrogens is 590 g/mol. The number of nitrogens with one attached hydrogen (secondary N) is 3. The van der Waals surface area contributed by atoms with Gasteiger partial charge in [-0.15, -0.1) is 0 Å². The average Bonchev–Trinajstić information content (AvgIpc) is 3.73. The molecule has 0 atom stereocenters. The number of rotatable bonds is 12. The number of ether oxygens (including phenoxy) is 1. The fraction of sp³-hybridized carbons (Fsp3) is 0.297. The summed E-state index contributed by atoms with van der Waals surface area (Å²) in [6.45, 7) is 6.79. The Hall–Kier alpha value is -5.22. The van der Waals surface area contributed by atoms with Crippen LogP contribution in [-0.2, 0) is 22.6 Å². The predicted octanol–water partition coefficient (Wildman–Crippen LogP) is 6.86. The Balaban J connectivity index is 1.21. The Kier molecular flexibility index (Phi) is 9.49. The lowest BCUT2D eigenvalue weighted by Crippen LogP contribution is -2.40. The summed E-state index contributed by atoms with van der Waals surface area (Å²) < 4.78 is 4.59. The van der Waals surface area contributed by atoms with Crippen molar-refractivity contribution in [1.82, 2.24) is 35.1 Å². The molecule has 242 valence electrons. The van der Waals surface area contributed by atoms with Gasteiger partial charge in [0.25, 0.3) is 0 Å². The van der Waals surface area contributed by atoms with Crippen LogP contribution in [0.4, 0.5) is 4.79 Å². The molecule has 0 radical (unpaired) electrons. The Morgan fingerprint density at radius 2 is 1.49 bits per heavy atom. The number of H-pyrrole nitrogens is 2. The third kappa shape index (κ3) is 7.12. The van der Waals surface area contributed by atoms with Gasteiger partial charge in [0.15, 0.2) is 0 Å². The van der Waals surface area contributed by atoms with Crippen LogP contribution in [0.25, 0.3) is 55.0 Å². The first kappa shape index (κ1) is 31.7. The van der Waals surface area contributed by atoms with Gasteiger partial charge in [-0.2, -0.15) is 0 Å². The lowest BCUT2D eigenvalue weighted by molar-refractivity contribution is -0.130. The monoisotopic (exact) mass is 631 g/mol. The molecule has 47 heavy (non-hydrogen) atoms. The van der Waals surface area contributed by atoms with E-state index in [1.807, 2.05) is 19.2 Å². The van der Waals surface area contributed by atoms with Gasteiger partial charge in [-0.05, 0) is 78.0 Å². The summed E-state index contributed by atoms with van der Waals surface area (Å²) >= 11 is 0. The van der Waals surface area contributed by atoms with Crippen LogP contribution in [0.15, 0.2) is 72.9 Å². The van der Waals surface area contributed by atoms with Gasteiger partial charge in [0.1, 0.15) is 18.2 Å². The fourth-order valence-corrected chi connectivity index (χ4v) is 6.08. The number of nitrogens with zero attached hydrogens (tertiary/aromatic N) is 4. The van der Waals surface area contributed by atoms with E-state index in [0.717, 1.165) is 75.9 Å². The molecule has 0 bridgehead atoms. The molecule has 0 spiro atoms. The number of carbonyl (C=O) groups is 2. The van der Waals surface area contributed by atoms with Crippen LogP contribution in [0.3, 0.4) is 0 Å². The lowest BCUT2D eigenvalue weighted by Gasteiger charge is -2.21. The molecule has 10 heteroatoms. The Labute approximate surface area is 274 Å². The normalized spacial score (nSPS) is 11.5.